The third kappa shape index (κ3) is 3.11. The molecule has 0 radical (unpaired) electrons. The summed E-state index contributed by atoms with van der Waals surface area (Å²) >= 11 is 0. The molecule has 0 aliphatic rings. The molecule has 0 aromatic rings. The summed E-state index contributed by atoms with van der Waals surface area (Å²) in [6.07, 6.45) is 0. The number of hydrogen-bond acceptors (Lipinski definition) is 2. The third-order valence-electron chi connectivity index (χ3n) is 3.20. The van der Waals surface area contributed by atoms with Gasteiger partial charge in [0.25, 0.3) is 0 Å². The van der Waals surface area contributed by atoms with Crippen LogP contribution in [0.1, 0.15) is 27.7 Å². The summed E-state index contributed by atoms with van der Waals surface area (Å²) in [5, 5.41) is 17.9. The lowest BCUT2D eigenvalue weighted by atomic mass is 9.79. The van der Waals surface area contributed by atoms with Crippen LogP contribution >= 0.6 is 0 Å². The third-order valence-corrected chi connectivity index (χ3v) is 3.20. The van der Waals surface area contributed by atoms with Gasteiger partial charge in [0.1, 0.15) is 0 Å². The van der Waals surface area contributed by atoms with Gasteiger partial charge in [-0.15, -0.1) is 0 Å². The van der Waals surface area contributed by atoms with Crippen LogP contribution < -0.4 is 0 Å². The smallest absolute Gasteiger partial charge is 0.0459 e. The van der Waals surface area contributed by atoms with Gasteiger partial charge in [-0.05, 0) is 23.7 Å². The fourth-order valence-electron chi connectivity index (χ4n) is 1.37. The van der Waals surface area contributed by atoms with Crippen LogP contribution in [0.4, 0.5) is 0 Å². The van der Waals surface area contributed by atoms with Crippen LogP contribution in [0.25, 0.3) is 0 Å². The highest BCUT2D eigenvalue weighted by Crippen LogP contribution is 2.26. The van der Waals surface area contributed by atoms with Gasteiger partial charge in [-0.1, -0.05) is 27.7 Å². The Morgan fingerprint density at radius 1 is 0.750 bits per heavy atom. The minimum Gasteiger partial charge on any atom is -0.396 e. The van der Waals surface area contributed by atoms with Crippen LogP contribution in [-0.2, 0) is 0 Å². The maximum atomic E-state index is 8.95. The van der Waals surface area contributed by atoms with Gasteiger partial charge in [0, 0.05) is 13.2 Å². The molecular formula is C10H22O2. The van der Waals surface area contributed by atoms with Crippen LogP contribution in [0.15, 0.2) is 0 Å². The summed E-state index contributed by atoms with van der Waals surface area (Å²) in [5.74, 6) is 1.59. The second-order valence-electron chi connectivity index (χ2n) is 4.04. The Hall–Kier alpha value is -0.0800. The molecule has 0 rings (SSSR count). The maximum absolute atomic E-state index is 8.95. The predicted octanol–water partition coefficient (Wildman–Crippen LogP) is 1.52. The lowest BCUT2D eigenvalue weighted by Gasteiger charge is -2.28. The van der Waals surface area contributed by atoms with Crippen molar-refractivity contribution in [3.8, 4) is 0 Å². The van der Waals surface area contributed by atoms with Crippen molar-refractivity contribution in [1.82, 2.24) is 0 Å². The van der Waals surface area contributed by atoms with Crippen molar-refractivity contribution in [3.05, 3.63) is 0 Å². The van der Waals surface area contributed by atoms with Gasteiger partial charge in [-0.2, -0.15) is 0 Å². The SMILES string of the molecule is CC(CO)C(C)C(C)C(C)CO. The molecular weight excluding hydrogens is 152 g/mol. The van der Waals surface area contributed by atoms with E-state index in [9.17, 15) is 0 Å². The Morgan fingerprint density at radius 3 is 1.17 bits per heavy atom. The van der Waals surface area contributed by atoms with E-state index >= 15 is 0 Å². The molecule has 0 saturated heterocycles. The Labute approximate surface area is 75.6 Å². The van der Waals surface area contributed by atoms with Gasteiger partial charge in [0.2, 0.25) is 0 Å². The van der Waals surface area contributed by atoms with Gasteiger partial charge in [-0.3, -0.25) is 0 Å². The maximum Gasteiger partial charge on any atom is 0.0459 e. The molecule has 2 nitrogen and oxygen atoms in total. The van der Waals surface area contributed by atoms with Gasteiger partial charge in [0.05, 0.1) is 0 Å². The zero-order valence-electron chi connectivity index (χ0n) is 8.62. The minimum absolute atomic E-state index is 0.240. The first kappa shape index (κ1) is 11.9. The van der Waals surface area contributed by atoms with Crippen molar-refractivity contribution in [3.63, 3.8) is 0 Å². The van der Waals surface area contributed by atoms with Crippen molar-refractivity contribution >= 4 is 0 Å². The molecule has 0 spiro atoms. The zero-order chi connectivity index (χ0) is 9.72. The molecule has 12 heavy (non-hydrogen) atoms. The summed E-state index contributed by atoms with van der Waals surface area (Å²) in [4.78, 5) is 0. The summed E-state index contributed by atoms with van der Waals surface area (Å²) in [7, 11) is 0. The van der Waals surface area contributed by atoms with Crippen LogP contribution in [0, 0.1) is 23.7 Å². The molecule has 0 bridgehead atoms. The van der Waals surface area contributed by atoms with Crippen molar-refractivity contribution in [1.29, 1.82) is 0 Å². The molecule has 0 aromatic carbocycles. The number of rotatable bonds is 5. The summed E-state index contributed by atoms with van der Waals surface area (Å²) in [6.45, 7) is 8.85. The van der Waals surface area contributed by atoms with Crippen molar-refractivity contribution in [2.45, 2.75) is 27.7 Å². The molecule has 0 amide bonds. The highest BCUT2D eigenvalue weighted by molar-refractivity contribution is 4.71. The summed E-state index contributed by atoms with van der Waals surface area (Å²) in [6, 6.07) is 0. The zero-order valence-corrected chi connectivity index (χ0v) is 8.62. The normalized spacial score (nSPS) is 21.5. The lowest BCUT2D eigenvalue weighted by Crippen LogP contribution is -2.25. The molecule has 2 N–H and O–H groups in total. The van der Waals surface area contributed by atoms with Gasteiger partial charge < -0.3 is 10.2 Å². The topological polar surface area (TPSA) is 40.5 Å². The van der Waals surface area contributed by atoms with E-state index in [1.807, 2.05) is 13.8 Å². The van der Waals surface area contributed by atoms with E-state index in [0.717, 1.165) is 0 Å². The molecule has 0 heterocycles. The fourth-order valence-corrected chi connectivity index (χ4v) is 1.37. The molecule has 4 unspecified atom stereocenters. The van der Waals surface area contributed by atoms with Gasteiger partial charge in [0.15, 0.2) is 0 Å². The second kappa shape index (κ2) is 5.55. The minimum atomic E-state index is 0.240. The molecule has 0 fully saturated rings. The Bertz CT molecular complexity index is 100. The monoisotopic (exact) mass is 174 g/mol. The highest BCUT2D eigenvalue weighted by atomic mass is 16.3. The van der Waals surface area contributed by atoms with Crippen LogP contribution in [-0.4, -0.2) is 23.4 Å². The molecule has 74 valence electrons. The molecule has 0 aromatic heterocycles. The van der Waals surface area contributed by atoms with E-state index in [1.54, 1.807) is 0 Å². The van der Waals surface area contributed by atoms with Crippen molar-refractivity contribution in [2.75, 3.05) is 13.2 Å². The molecule has 2 heteroatoms. The van der Waals surface area contributed by atoms with E-state index in [1.165, 1.54) is 0 Å². The molecule has 4 atom stereocenters. The quantitative estimate of drug-likeness (QED) is 0.663. The number of aliphatic hydroxyl groups excluding tert-OH is 2. The first-order valence-electron chi connectivity index (χ1n) is 4.76. The Kier molecular flexibility index (Phi) is 5.51. The van der Waals surface area contributed by atoms with Gasteiger partial charge in [-0.25, -0.2) is 0 Å². The van der Waals surface area contributed by atoms with Gasteiger partial charge >= 0.3 is 0 Å². The van der Waals surface area contributed by atoms with Crippen molar-refractivity contribution < 1.29 is 10.2 Å². The van der Waals surface area contributed by atoms with Crippen LogP contribution in [0.3, 0.4) is 0 Å². The van der Waals surface area contributed by atoms with Crippen molar-refractivity contribution in [2.24, 2.45) is 23.7 Å². The summed E-state index contributed by atoms with van der Waals surface area (Å²) < 4.78 is 0. The van der Waals surface area contributed by atoms with Crippen LogP contribution in [0.5, 0.6) is 0 Å². The Morgan fingerprint density at radius 2 is 1.00 bits per heavy atom. The fraction of sp³-hybridized carbons (Fsp3) is 1.00. The van der Waals surface area contributed by atoms with Crippen LogP contribution in [0.2, 0.25) is 0 Å². The largest absolute Gasteiger partial charge is 0.396 e. The number of hydrogen-bond donors (Lipinski definition) is 2. The Balaban J connectivity index is 3.99. The van der Waals surface area contributed by atoms with E-state index in [4.69, 9.17) is 10.2 Å². The first-order valence-corrected chi connectivity index (χ1v) is 4.76. The standard InChI is InChI=1S/C10H22O2/c1-7(5-11)9(3)10(4)8(2)6-12/h7-12H,5-6H2,1-4H3. The number of aliphatic hydroxyl groups is 2. The molecule has 0 saturated carbocycles. The van der Waals surface area contributed by atoms with E-state index in [0.29, 0.717) is 23.7 Å². The van der Waals surface area contributed by atoms with E-state index in [-0.39, 0.29) is 13.2 Å². The van der Waals surface area contributed by atoms with E-state index < -0.39 is 0 Å². The average Bonchev–Trinajstić information content (AvgIpc) is 2.12. The predicted molar refractivity (Wildman–Crippen MR) is 50.8 cm³/mol. The second-order valence-corrected chi connectivity index (χ2v) is 4.04. The van der Waals surface area contributed by atoms with E-state index in [2.05, 4.69) is 13.8 Å². The molecule has 0 aliphatic heterocycles. The molecule has 0 aliphatic carbocycles. The highest BCUT2D eigenvalue weighted by Gasteiger charge is 2.22. The lowest BCUT2D eigenvalue weighted by molar-refractivity contribution is 0.110. The average molecular weight is 174 g/mol. The summed E-state index contributed by atoms with van der Waals surface area (Å²) in [5.41, 5.74) is 0. The first-order chi connectivity index (χ1) is 5.54.